The van der Waals surface area contributed by atoms with Crippen molar-refractivity contribution in [1.82, 2.24) is 9.97 Å². The van der Waals surface area contributed by atoms with Crippen LogP contribution < -0.4 is 0 Å². The molecule has 7 heteroatoms. The zero-order valence-corrected chi connectivity index (χ0v) is 8.35. The lowest BCUT2D eigenvalue weighted by atomic mass is 10.3. The lowest BCUT2D eigenvalue weighted by Crippen LogP contribution is -2.13. The van der Waals surface area contributed by atoms with Gasteiger partial charge in [-0.05, 0) is 6.07 Å². The standard InChI is InChI=1S/C7H8F2N2O2S/c1-7(8,9)5-3-4-10-6(11-5)14(2,12)13/h3-4H,1-2H3. The Kier molecular flexibility index (Phi) is 2.53. The molecule has 0 radical (unpaired) electrons. The fourth-order valence-electron chi connectivity index (χ4n) is 0.764. The molecule has 14 heavy (non-hydrogen) atoms. The Hall–Kier alpha value is -1.11. The largest absolute Gasteiger partial charge is 0.287 e. The van der Waals surface area contributed by atoms with E-state index in [-0.39, 0.29) is 0 Å². The van der Waals surface area contributed by atoms with Gasteiger partial charge in [-0.2, -0.15) is 8.78 Å². The molecule has 0 aliphatic rings. The number of aromatic nitrogens is 2. The summed E-state index contributed by atoms with van der Waals surface area (Å²) in [4.78, 5) is 6.66. The molecule has 0 spiro atoms. The summed E-state index contributed by atoms with van der Waals surface area (Å²) in [5.41, 5.74) is -0.604. The average molecular weight is 222 g/mol. The van der Waals surface area contributed by atoms with Crippen molar-refractivity contribution in [3.8, 4) is 0 Å². The molecule has 0 fully saturated rings. The van der Waals surface area contributed by atoms with Gasteiger partial charge in [0.1, 0.15) is 5.69 Å². The average Bonchev–Trinajstić information content (AvgIpc) is 2.01. The smallest absolute Gasteiger partial charge is 0.227 e. The molecule has 0 aliphatic carbocycles. The van der Waals surface area contributed by atoms with E-state index in [9.17, 15) is 17.2 Å². The van der Waals surface area contributed by atoms with Gasteiger partial charge in [-0.25, -0.2) is 18.4 Å². The van der Waals surface area contributed by atoms with Gasteiger partial charge in [0.05, 0.1) is 0 Å². The van der Waals surface area contributed by atoms with E-state index in [2.05, 4.69) is 9.97 Å². The van der Waals surface area contributed by atoms with Gasteiger partial charge in [0.2, 0.25) is 15.0 Å². The first-order valence-electron chi connectivity index (χ1n) is 3.62. The first kappa shape index (κ1) is 11.0. The van der Waals surface area contributed by atoms with Gasteiger partial charge in [0, 0.05) is 19.4 Å². The molecule has 1 aromatic heterocycles. The Bertz CT molecular complexity index is 439. The van der Waals surface area contributed by atoms with E-state index >= 15 is 0 Å². The maximum atomic E-state index is 12.7. The second-order valence-corrected chi connectivity index (χ2v) is 4.79. The summed E-state index contributed by atoms with van der Waals surface area (Å²) in [6, 6.07) is 0.981. The van der Waals surface area contributed by atoms with E-state index in [1.807, 2.05) is 0 Å². The van der Waals surface area contributed by atoms with Gasteiger partial charge >= 0.3 is 0 Å². The third-order valence-corrected chi connectivity index (χ3v) is 2.27. The topological polar surface area (TPSA) is 59.9 Å². The zero-order chi connectivity index (χ0) is 11.0. The molecule has 0 amide bonds. The summed E-state index contributed by atoms with van der Waals surface area (Å²) in [6.07, 6.45) is 1.86. The summed E-state index contributed by atoms with van der Waals surface area (Å²) in [6.45, 7) is 0.640. The number of sulfone groups is 1. The van der Waals surface area contributed by atoms with Gasteiger partial charge in [-0.3, -0.25) is 0 Å². The highest BCUT2D eigenvalue weighted by molar-refractivity contribution is 7.90. The molecule has 0 saturated carbocycles. The molecular formula is C7H8F2N2O2S. The predicted octanol–water partition coefficient (Wildman–Crippen LogP) is 0.992. The van der Waals surface area contributed by atoms with E-state index in [0.717, 1.165) is 18.5 Å². The van der Waals surface area contributed by atoms with Crippen LogP contribution in [0.15, 0.2) is 17.4 Å². The van der Waals surface area contributed by atoms with Crippen LogP contribution in [0.3, 0.4) is 0 Å². The number of hydrogen-bond acceptors (Lipinski definition) is 4. The van der Waals surface area contributed by atoms with Crippen LogP contribution >= 0.6 is 0 Å². The maximum absolute atomic E-state index is 12.7. The first-order valence-corrected chi connectivity index (χ1v) is 5.52. The highest BCUT2D eigenvalue weighted by Crippen LogP contribution is 2.24. The molecule has 0 atom stereocenters. The number of rotatable bonds is 2. The SMILES string of the molecule is CC(F)(F)c1ccnc(S(C)(=O)=O)n1. The van der Waals surface area contributed by atoms with Crippen molar-refractivity contribution >= 4 is 9.84 Å². The Balaban J connectivity index is 3.29. The van der Waals surface area contributed by atoms with Gasteiger partial charge in [-0.15, -0.1) is 0 Å². The molecule has 0 bridgehead atoms. The molecule has 4 nitrogen and oxygen atoms in total. The normalized spacial score (nSPS) is 12.9. The second-order valence-electron chi connectivity index (χ2n) is 2.88. The second kappa shape index (κ2) is 3.23. The third-order valence-electron chi connectivity index (χ3n) is 1.41. The number of nitrogens with zero attached hydrogens (tertiary/aromatic N) is 2. The number of halogens is 2. The highest BCUT2D eigenvalue weighted by Gasteiger charge is 2.27. The van der Waals surface area contributed by atoms with Crippen molar-refractivity contribution in [2.75, 3.05) is 6.26 Å². The predicted molar refractivity (Wildman–Crippen MR) is 44.7 cm³/mol. The quantitative estimate of drug-likeness (QED) is 0.700. The Labute approximate surface area is 79.9 Å². The van der Waals surface area contributed by atoms with E-state index in [4.69, 9.17) is 0 Å². The fraction of sp³-hybridized carbons (Fsp3) is 0.429. The van der Waals surface area contributed by atoms with Crippen molar-refractivity contribution in [2.45, 2.75) is 18.0 Å². The van der Waals surface area contributed by atoms with E-state index < -0.39 is 26.6 Å². The minimum Gasteiger partial charge on any atom is -0.227 e. The highest BCUT2D eigenvalue weighted by atomic mass is 32.2. The number of alkyl halides is 2. The van der Waals surface area contributed by atoms with Crippen LogP contribution in [0.2, 0.25) is 0 Å². The molecular weight excluding hydrogens is 214 g/mol. The fourth-order valence-corrected chi connectivity index (χ4v) is 1.28. The lowest BCUT2D eigenvalue weighted by Gasteiger charge is -2.09. The van der Waals surface area contributed by atoms with Crippen LogP contribution in [0.4, 0.5) is 8.78 Å². The van der Waals surface area contributed by atoms with Gasteiger partial charge < -0.3 is 0 Å². The number of hydrogen-bond donors (Lipinski definition) is 0. The molecule has 0 unspecified atom stereocenters. The monoisotopic (exact) mass is 222 g/mol. The maximum Gasteiger partial charge on any atom is 0.287 e. The summed E-state index contributed by atoms with van der Waals surface area (Å²) < 4.78 is 47.4. The van der Waals surface area contributed by atoms with Gasteiger partial charge in [-0.1, -0.05) is 0 Å². The molecule has 1 aromatic rings. The van der Waals surface area contributed by atoms with Gasteiger partial charge in [0.25, 0.3) is 5.92 Å². The molecule has 0 aromatic carbocycles. The Morgan fingerprint density at radius 1 is 1.43 bits per heavy atom. The van der Waals surface area contributed by atoms with Gasteiger partial charge in [0.15, 0.2) is 0 Å². The van der Waals surface area contributed by atoms with Crippen molar-refractivity contribution < 1.29 is 17.2 Å². The minimum absolute atomic E-state index is 0.587. The van der Waals surface area contributed by atoms with E-state index in [0.29, 0.717) is 6.92 Å². The summed E-state index contributed by atoms with van der Waals surface area (Å²) in [5.74, 6) is -3.16. The lowest BCUT2D eigenvalue weighted by molar-refractivity contribution is 0.0119. The molecule has 0 N–H and O–H groups in total. The van der Waals surface area contributed by atoms with E-state index in [1.165, 1.54) is 0 Å². The summed E-state index contributed by atoms with van der Waals surface area (Å²) in [5, 5.41) is -0.587. The molecule has 0 saturated heterocycles. The van der Waals surface area contributed by atoms with Crippen molar-refractivity contribution in [1.29, 1.82) is 0 Å². The van der Waals surface area contributed by atoms with Crippen LogP contribution in [0.5, 0.6) is 0 Å². The Morgan fingerprint density at radius 2 is 2.00 bits per heavy atom. The minimum atomic E-state index is -3.64. The summed E-state index contributed by atoms with van der Waals surface area (Å²) >= 11 is 0. The Morgan fingerprint density at radius 3 is 2.43 bits per heavy atom. The van der Waals surface area contributed by atoms with Crippen LogP contribution in [0.1, 0.15) is 12.6 Å². The first-order chi connectivity index (χ1) is 6.21. The molecule has 1 heterocycles. The van der Waals surface area contributed by atoms with Crippen molar-refractivity contribution in [3.05, 3.63) is 18.0 Å². The molecule has 1 rings (SSSR count). The molecule has 78 valence electrons. The van der Waals surface area contributed by atoms with Crippen LogP contribution in [0, 0.1) is 0 Å². The molecule has 0 aliphatic heterocycles. The van der Waals surface area contributed by atoms with Crippen molar-refractivity contribution in [3.63, 3.8) is 0 Å². The van der Waals surface area contributed by atoms with Crippen LogP contribution in [-0.2, 0) is 15.8 Å². The van der Waals surface area contributed by atoms with Crippen LogP contribution in [0.25, 0.3) is 0 Å². The van der Waals surface area contributed by atoms with E-state index in [1.54, 1.807) is 0 Å². The van der Waals surface area contributed by atoms with Crippen molar-refractivity contribution in [2.24, 2.45) is 0 Å². The third kappa shape index (κ3) is 2.44. The summed E-state index contributed by atoms with van der Waals surface area (Å²) in [7, 11) is -3.64. The van der Waals surface area contributed by atoms with Crippen LogP contribution in [-0.4, -0.2) is 24.6 Å². The zero-order valence-electron chi connectivity index (χ0n) is 7.53.